The molecule has 2 rings (SSSR count). The molecule has 1 aliphatic rings. The topological polar surface area (TPSA) is 63.0 Å². The summed E-state index contributed by atoms with van der Waals surface area (Å²) in [6.07, 6.45) is 2.62. The Labute approximate surface area is 96.0 Å². The van der Waals surface area contributed by atoms with E-state index in [4.69, 9.17) is 4.42 Å². The lowest BCUT2D eigenvalue weighted by atomic mass is 10.2. The maximum Gasteiger partial charge on any atom is 0.315 e. The second-order valence-corrected chi connectivity index (χ2v) is 4.50. The molecule has 5 nitrogen and oxygen atoms in total. The molecular weight excluding hydrogens is 204 g/mol. The van der Waals surface area contributed by atoms with Crippen molar-refractivity contribution in [3.63, 3.8) is 0 Å². The first-order chi connectivity index (χ1) is 7.70. The van der Waals surface area contributed by atoms with Gasteiger partial charge in [0, 0.05) is 6.04 Å². The summed E-state index contributed by atoms with van der Waals surface area (Å²) in [6.45, 7) is 7.13. The fourth-order valence-corrected chi connectivity index (χ4v) is 1.77. The Morgan fingerprint density at radius 1 is 1.38 bits per heavy atom. The van der Waals surface area contributed by atoms with Crippen molar-refractivity contribution in [2.45, 2.75) is 45.7 Å². The van der Waals surface area contributed by atoms with Crippen LogP contribution in [0.1, 0.15) is 45.5 Å². The van der Waals surface area contributed by atoms with Crippen LogP contribution in [0.25, 0.3) is 0 Å². The number of anilines is 1. The monoisotopic (exact) mass is 224 g/mol. The number of nitrogens with one attached hydrogen (secondary N) is 2. The number of nitrogens with zero attached hydrogens (tertiary/aromatic N) is 2. The number of hydrogen-bond donors (Lipinski definition) is 2. The minimum atomic E-state index is 0.115. The van der Waals surface area contributed by atoms with Crippen LogP contribution in [-0.4, -0.2) is 22.8 Å². The van der Waals surface area contributed by atoms with Crippen molar-refractivity contribution in [3.8, 4) is 0 Å². The molecule has 90 valence electrons. The van der Waals surface area contributed by atoms with Crippen LogP contribution in [0, 0.1) is 5.92 Å². The molecule has 2 atom stereocenters. The molecule has 5 heteroatoms. The van der Waals surface area contributed by atoms with E-state index in [1.165, 1.54) is 12.8 Å². The van der Waals surface area contributed by atoms with Crippen molar-refractivity contribution >= 4 is 6.01 Å². The molecule has 0 saturated heterocycles. The molecule has 0 radical (unpaired) electrons. The van der Waals surface area contributed by atoms with Crippen molar-refractivity contribution in [2.24, 2.45) is 5.92 Å². The molecule has 0 spiro atoms. The normalized spacial score (nSPS) is 19.4. The van der Waals surface area contributed by atoms with Crippen LogP contribution in [0.15, 0.2) is 4.42 Å². The second kappa shape index (κ2) is 4.82. The van der Waals surface area contributed by atoms with E-state index < -0.39 is 0 Å². The molecule has 1 heterocycles. The Kier molecular flexibility index (Phi) is 3.43. The SMILES string of the molecule is CCNC(C)c1nnc(NC(C)C2CC2)o1. The Bertz CT molecular complexity index is 334. The van der Waals surface area contributed by atoms with Gasteiger partial charge < -0.3 is 15.1 Å². The molecule has 0 amide bonds. The summed E-state index contributed by atoms with van der Waals surface area (Å²) in [4.78, 5) is 0. The molecule has 0 aliphatic heterocycles. The average molecular weight is 224 g/mol. The third-order valence-corrected chi connectivity index (χ3v) is 3.00. The Morgan fingerprint density at radius 2 is 2.12 bits per heavy atom. The van der Waals surface area contributed by atoms with Crippen molar-refractivity contribution in [2.75, 3.05) is 11.9 Å². The van der Waals surface area contributed by atoms with Crippen LogP contribution in [0.2, 0.25) is 0 Å². The largest absolute Gasteiger partial charge is 0.406 e. The Hall–Kier alpha value is -1.10. The van der Waals surface area contributed by atoms with E-state index >= 15 is 0 Å². The summed E-state index contributed by atoms with van der Waals surface area (Å²) in [5.74, 6) is 1.42. The number of hydrogen-bond acceptors (Lipinski definition) is 5. The molecule has 1 fully saturated rings. The van der Waals surface area contributed by atoms with Crippen LogP contribution in [0.5, 0.6) is 0 Å². The standard InChI is InChI=1S/C11H20N4O/c1-4-12-8(3)10-14-15-11(16-10)13-7(2)9-5-6-9/h7-9,12H,4-6H2,1-3H3,(H,13,15). The van der Waals surface area contributed by atoms with E-state index in [1.807, 2.05) is 6.92 Å². The van der Waals surface area contributed by atoms with Gasteiger partial charge in [0.1, 0.15) is 0 Å². The predicted octanol–water partition coefficient (Wildman–Crippen LogP) is 1.95. The minimum absolute atomic E-state index is 0.115. The molecule has 1 aliphatic carbocycles. The van der Waals surface area contributed by atoms with Gasteiger partial charge in [-0.2, -0.15) is 0 Å². The molecule has 1 aromatic rings. The Balaban J connectivity index is 1.90. The lowest BCUT2D eigenvalue weighted by Crippen LogP contribution is -2.18. The lowest BCUT2D eigenvalue weighted by Gasteiger charge is -2.09. The van der Waals surface area contributed by atoms with Crippen LogP contribution >= 0.6 is 0 Å². The average Bonchev–Trinajstić information content (AvgIpc) is 3.00. The summed E-state index contributed by atoms with van der Waals surface area (Å²) in [6, 6.07) is 1.09. The van der Waals surface area contributed by atoms with Gasteiger partial charge in [-0.25, -0.2) is 0 Å². The third-order valence-electron chi connectivity index (χ3n) is 3.00. The highest BCUT2D eigenvalue weighted by Gasteiger charge is 2.28. The number of rotatable bonds is 6. The molecule has 2 unspecified atom stereocenters. The fraction of sp³-hybridized carbons (Fsp3) is 0.818. The van der Waals surface area contributed by atoms with Gasteiger partial charge in [-0.15, -0.1) is 5.10 Å². The fourth-order valence-electron chi connectivity index (χ4n) is 1.77. The van der Waals surface area contributed by atoms with Gasteiger partial charge in [-0.1, -0.05) is 12.0 Å². The molecule has 16 heavy (non-hydrogen) atoms. The zero-order valence-corrected chi connectivity index (χ0v) is 10.2. The first-order valence-electron chi connectivity index (χ1n) is 6.04. The summed E-state index contributed by atoms with van der Waals surface area (Å²) in [5.41, 5.74) is 0. The quantitative estimate of drug-likeness (QED) is 0.773. The van der Waals surface area contributed by atoms with E-state index in [2.05, 4.69) is 34.7 Å². The predicted molar refractivity (Wildman–Crippen MR) is 62.2 cm³/mol. The van der Waals surface area contributed by atoms with Crippen LogP contribution in [0.4, 0.5) is 6.01 Å². The van der Waals surface area contributed by atoms with Gasteiger partial charge >= 0.3 is 6.01 Å². The van der Waals surface area contributed by atoms with Gasteiger partial charge in [0.15, 0.2) is 0 Å². The van der Waals surface area contributed by atoms with Gasteiger partial charge in [0.05, 0.1) is 6.04 Å². The summed E-state index contributed by atoms with van der Waals surface area (Å²) < 4.78 is 5.55. The van der Waals surface area contributed by atoms with Crippen LogP contribution < -0.4 is 10.6 Å². The van der Waals surface area contributed by atoms with Crippen molar-refractivity contribution in [3.05, 3.63) is 5.89 Å². The second-order valence-electron chi connectivity index (χ2n) is 4.50. The lowest BCUT2D eigenvalue weighted by molar-refractivity contribution is 0.425. The van der Waals surface area contributed by atoms with Gasteiger partial charge in [-0.05, 0) is 39.2 Å². The van der Waals surface area contributed by atoms with Crippen LogP contribution in [0.3, 0.4) is 0 Å². The molecule has 1 aromatic heterocycles. The molecule has 1 saturated carbocycles. The molecule has 0 aromatic carbocycles. The van der Waals surface area contributed by atoms with E-state index in [-0.39, 0.29) is 6.04 Å². The van der Waals surface area contributed by atoms with E-state index in [0.717, 1.165) is 12.5 Å². The maximum absolute atomic E-state index is 5.55. The maximum atomic E-state index is 5.55. The first kappa shape index (κ1) is 11.4. The highest BCUT2D eigenvalue weighted by molar-refractivity contribution is 5.20. The summed E-state index contributed by atoms with van der Waals surface area (Å²) >= 11 is 0. The first-order valence-corrected chi connectivity index (χ1v) is 6.04. The van der Waals surface area contributed by atoms with Gasteiger partial charge in [0.2, 0.25) is 5.89 Å². The Morgan fingerprint density at radius 3 is 2.75 bits per heavy atom. The summed E-state index contributed by atoms with van der Waals surface area (Å²) in [5, 5.41) is 14.5. The minimum Gasteiger partial charge on any atom is -0.406 e. The van der Waals surface area contributed by atoms with E-state index in [0.29, 0.717) is 17.9 Å². The van der Waals surface area contributed by atoms with Crippen molar-refractivity contribution in [1.29, 1.82) is 0 Å². The summed E-state index contributed by atoms with van der Waals surface area (Å²) in [7, 11) is 0. The van der Waals surface area contributed by atoms with E-state index in [9.17, 15) is 0 Å². The third kappa shape index (κ3) is 2.72. The molecule has 2 N–H and O–H groups in total. The van der Waals surface area contributed by atoms with Crippen LogP contribution in [-0.2, 0) is 0 Å². The molecular formula is C11H20N4O. The van der Waals surface area contributed by atoms with Crippen molar-refractivity contribution in [1.82, 2.24) is 15.5 Å². The zero-order valence-electron chi connectivity index (χ0n) is 10.2. The highest BCUT2D eigenvalue weighted by atomic mass is 16.4. The van der Waals surface area contributed by atoms with Gasteiger partial charge in [0.25, 0.3) is 0 Å². The molecule has 0 bridgehead atoms. The number of aromatic nitrogens is 2. The van der Waals surface area contributed by atoms with Gasteiger partial charge in [-0.3, -0.25) is 0 Å². The smallest absolute Gasteiger partial charge is 0.315 e. The highest BCUT2D eigenvalue weighted by Crippen LogP contribution is 2.33. The van der Waals surface area contributed by atoms with E-state index in [1.54, 1.807) is 0 Å². The zero-order chi connectivity index (χ0) is 11.5. The van der Waals surface area contributed by atoms with Crippen molar-refractivity contribution < 1.29 is 4.42 Å².